The fourth-order valence-electron chi connectivity index (χ4n) is 4.45. The normalized spacial score (nSPS) is 14.3. The van der Waals surface area contributed by atoms with Gasteiger partial charge in [-0.2, -0.15) is 0 Å². The Labute approximate surface area is 217 Å². The maximum absolute atomic E-state index is 12.2. The molecule has 5 nitrogen and oxygen atoms in total. The first kappa shape index (κ1) is 34.1. The molecule has 0 aliphatic heterocycles. The lowest BCUT2D eigenvalue weighted by Gasteiger charge is -2.26. The van der Waals surface area contributed by atoms with Gasteiger partial charge in [0.15, 0.2) is 0 Å². The van der Waals surface area contributed by atoms with Crippen molar-refractivity contribution >= 4 is 5.91 Å². The molecule has 4 N–H and O–H groups in total. The zero-order valence-corrected chi connectivity index (χ0v) is 23.2. The van der Waals surface area contributed by atoms with Crippen LogP contribution in [0.4, 0.5) is 0 Å². The molecule has 0 saturated carbocycles. The second-order valence-electron chi connectivity index (χ2n) is 10.3. The third-order valence-corrected chi connectivity index (χ3v) is 6.87. The minimum absolute atomic E-state index is 0.161. The smallest absolute Gasteiger partial charge is 0.220 e. The number of rotatable bonds is 26. The number of aliphatic hydroxyl groups excluding tert-OH is 3. The third-order valence-electron chi connectivity index (χ3n) is 6.87. The van der Waals surface area contributed by atoms with Gasteiger partial charge in [0, 0.05) is 6.42 Å². The molecule has 0 aromatic heterocycles. The van der Waals surface area contributed by atoms with Crippen LogP contribution in [0.1, 0.15) is 149 Å². The highest BCUT2D eigenvalue weighted by Crippen LogP contribution is 2.13. The predicted molar refractivity (Wildman–Crippen MR) is 148 cm³/mol. The van der Waals surface area contributed by atoms with Crippen LogP contribution in [0, 0.1) is 0 Å². The molecule has 0 radical (unpaired) electrons. The highest BCUT2D eigenvalue weighted by Gasteiger charge is 2.26. The summed E-state index contributed by atoms with van der Waals surface area (Å²) in [5.41, 5.74) is 0. The lowest BCUT2D eigenvalue weighted by atomic mass is 10.0. The van der Waals surface area contributed by atoms with Crippen molar-refractivity contribution < 1.29 is 20.1 Å². The summed E-state index contributed by atoms with van der Waals surface area (Å²) in [6, 6.07) is -0.816. The number of unbranched alkanes of at least 4 members (excludes halogenated alkanes) is 16. The topological polar surface area (TPSA) is 89.8 Å². The molecule has 0 heterocycles. The first-order chi connectivity index (χ1) is 17.1. The summed E-state index contributed by atoms with van der Waals surface area (Å²) in [7, 11) is 0. The molecule has 3 unspecified atom stereocenters. The van der Waals surface area contributed by atoms with Crippen LogP contribution in [0.2, 0.25) is 0 Å². The molecule has 0 aromatic rings. The van der Waals surface area contributed by atoms with Crippen LogP contribution in [0.25, 0.3) is 0 Å². The average molecular weight is 498 g/mol. The average Bonchev–Trinajstić information content (AvgIpc) is 2.86. The van der Waals surface area contributed by atoms with Crippen molar-refractivity contribution in [2.75, 3.05) is 6.61 Å². The van der Waals surface area contributed by atoms with E-state index in [0.29, 0.717) is 12.8 Å². The van der Waals surface area contributed by atoms with Crippen LogP contribution in [0.15, 0.2) is 12.2 Å². The molecule has 0 aliphatic rings. The molecule has 0 aliphatic carbocycles. The van der Waals surface area contributed by atoms with E-state index in [-0.39, 0.29) is 12.5 Å². The van der Waals surface area contributed by atoms with Crippen molar-refractivity contribution in [2.45, 2.75) is 167 Å². The van der Waals surface area contributed by atoms with E-state index in [4.69, 9.17) is 0 Å². The van der Waals surface area contributed by atoms with Crippen molar-refractivity contribution in [3.05, 3.63) is 12.2 Å². The fourth-order valence-corrected chi connectivity index (χ4v) is 4.45. The molecule has 3 atom stereocenters. The van der Waals surface area contributed by atoms with Crippen LogP contribution < -0.4 is 5.32 Å². The molecule has 0 aromatic carbocycles. The van der Waals surface area contributed by atoms with E-state index in [1.807, 2.05) is 0 Å². The zero-order chi connectivity index (χ0) is 26.0. The van der Waals surface area contributed by atoms with Crippen molar-refractivity contribution in [1.29, 1.82) is 0 Å². The van der Waals surface area contributed by atoms with Gasteiger partial charge in [0.1, 0.15) is 6.10 Å². The minimum atomic E-state index is -1.15. The molecule has 1 amide bonds. The summed E-state index contributed by atoms with van der Waals surface area (Å²) in [6.45, 7) is 4.09. The summed E-state index contributed by atoms with van der Waals surface area (Å²) in [5, 5.41) is 33.0. The molecular weight excluding hydrogens is 438 g/mol. The van der Waals surface area contributed by atoms with Gasteiger partial charge < -0.3 is 20.6 Å². The van der Waals surface area contributed by atoms with Gasteiger partial charge in [-0.3, -0.25) is 4.79 Å². The number of nitrogens with one attached hydrogen (secondary N) is 1. The Morgan fingerprint density at radius 2 is 1.14 bits per heavy atom. The Kier molecular flexibility index (Phi) is 25.5. The molecule has 0 bridgehead atoms. The SMILES string of the molecule is CCCCCCCCC/C=C/CCCC(O)C(O)C(CO)NC(=O)CCCCCCCCCCC. The van der Waals surface area contributed by atoms with Crippen molar-refractivity contribution in [3.63, 3.8) is 0 Å². The molecule has 0 saturated heterocycles. The quantitative estimate of drug-likeness (QED) is 0.0767. The molecule has 35 heavy (non-hydrogen) atoms. The Hall–Kier alpha value is -0.910. The number of carbonyl (C=O) groups is 1. The number of amides is 1. The molecule has 0 fully saturated rings. The molecule has 208 valence electrons. The molecule has 0 rings (SSSR count). The summed E-state index contributed by atoms with van der Waals surface area (Å²) in [5.74, 6) is -0.161. The second-order valence-corrected chi connectivity index (χ2v) is 10.3. The molecule has 5 heteroatoms. The van der Waals surface area contributed by atoms with Gasteiger partial charge in [-0.15, -0.1) is 0 Å². The van der Waals surface area contributed by atoms with Gasteiger partial charge in [0.2, 0.25) is 5.91 Å². The maximum Gasteiger partial charge on any atom is 0.220 e. The van der Waals surface area contributed by atoms with Gasteiger partial charge in [-0.25, -0.2) is 0 Å². The van der Waals surface area contributed by atoms with Gasteiger partial charge in [-0.1, -0.05) is 116 Å². The van der Waals surface area contributed by atoms with Crippen LogP contribution in [-0.4, -0.2) is 46.1 Å². The zero-order valence-electron chi connectivity index (χ0n) is 23.2. The van der Waals surface area contributed by atoms with Crippen LogP contribution in [0.3, 0.4) is 0 Å². The summed E-state index contributed by atoms with van der Waals surface area (Å²) in [4.78, 5) is 12.2. The summed E-state index contributed by atoms with van der Waals surface area (Å²) >= 11 is 0. The van der Waals surface area contributed by atoms with Gasteiger partial charge in [0.25, 0.3) is 0 Å². The first-order valence-electron chi connectivity index (χ1n) is 15.0. The highest BCUT2D eigenvalue weighted by atomic mass is 16.3. The number of allylic oxidation sites excluding steroid dienone is 2. The first-order valence-corrected chi connectivity index (χ1v) is 15.0. The Morgan fingerprint density at radius 1 is 0.686 bits per heavy atom. The lowest BCUT2D eigenvalue weighted by Crippen LogP contribution is -2.50. The summed E-state index contributed by atoms with van der Waals surface area (Å²) < 4.78 is 0. The van der Waals surface area contributed by atoms with E-state index in [1.165, 1.54) is 83.5 Å². The van der Waals surface area contributed by atoms with Gasteiger partial charge >= 0.3 is 0 Å². The van der Waals surface area contributed by atoms with E-state index in [9.17, 15) is 20.1 Å². The largest absolute Gasteiger partial charge is 0.394 e. The fraction of sp³-hybridized carbons (Fsp3) is 0.900. The number of carbonyl (C=O) groups excluding carboxylic acids is 1. The summed E-state index contributed by atoms with van der Waals surface area (Å²) in [6.07, 6.45) is 25.8. The number of hydrogen-bond donors (Lipinski definition) is 4. The van der Waals surface area contributed by atoms with E-state index in [0.717, 1.165) is 38.5 Å². The Morgan fingerprint density at radius 3 is 1.66 bits per heavy atom. The predicted octanol–water partition coefficient (Wildman–Crippen LogP) is 6.97. The molecule has 0 spiro atoms. The van der Waals surface area contributed by atoms with E-state index in [2.05, 4.69) is 31.3 Å². The van der Waals surface area contributed by atoms with Crippen molar-refractivity contribution in [3.8, 4) is 0 Å². The number of aliphatic hydroxyl groups is 3. The molecular formula is C30H59NO4. The van der Waals surface area contributed by atoms with Crippen LogP contribution in [-0.2, 0) is 4.79 Å². The minimum Gasteiger partial charge on any atom is -0.394 e. The van der Waals surface area contributed by atoms with E-state index in [1.54, 1.807) is 0 Å². The maximum atomic E-state index is 12.2. The monoisotopic (exact) mass is 497 g/mol. The lowest BCUT2D eigenvalue weighted by molar-refractivity contribution is -0.124. The van der Waals surface area contributed by atoms with Crippen LogP contribution >= 0.6 is 0 Å². The standard InChI is InChI=1S/C30H59NO4/c1-3-5-7-9-11-13-14-15-17-18-20-22-24-28(33)30(35)27(26-32)31-29(34)25-23-21-19-16-12-10-8-6-4-2/h17-18,27-28,30,32-33,35H,3-16,19-26H2,1-2H3,(H,31,34)/b18-17+. The Bertz CT molecular complexity index is 483. The van der Waals surface area contributed by atoms with E-state index >= 15 is 0 Å². The second kappa shape index (κ2) is 26.2. The van der Waals surface area contributed by atoms with Gasteiger partial charge in [-0.05, 0) is 38.5 Å². The van der Waals surface area contributed by atoms with Crippen molar-refractivity contribution in [2.24, 2.45) is 0 Å². The number of hydrogen-bond acceptors (Lipinski definition) is 4. The Balaban J connectivity index is 3.83. The highest BCUT2D eigenvalue weighted by molar-refractivity contribution is 5.76. The third kappa shape index (κ3) is 22.0. The van der Waals surface area contributed by atoms with Crippen LogP contribution in [0.5, 0.6) is 0 Å². The van der Waals surface area contributed by atoms with E-state index < -0.39 is 18.2 Å². The van der Waals surface area contributed by atoms with Gasteiger partial charge in [0.05, 0.1) is 18.8 Å². The van der Waals surface area contributed by atoms with Crippen molar-refractivity contribution in [1.82, 2.24) is 5.32 Å².